The molecule has 0 spiro atoms. The number of para-hydroxylation sites is 3. The Labute approximate surface area is 179 Å². The predicted molar refractivity (Wildman–Crippen MR) is 116 cm³/mol. The molecular formula is C24H20N2O5. The molecule has 0 saturated carbocycles. The number of nitrogens with zero attached hydrogens (tertiary/aromatic N) is 1. The van der Waals surface area contributed by atoms with Crippen molar-refractivity contribution in [3.8, 4) is 17.2 Å². The second-order valence-corrected chi connectivity index (χ2v) is 6.87. The SMILES string of the molecule is CCN1C(=O)c2cc(NC(=O)c3ccccc3OC(C)=O)ccc2Oc2ccccc21. The molecule has 7 nitrogen and oxygen atoms in total. The molecule has 0 unspecified atom stereocenters. The highest BCUT2D eigenvalue weighted by molar-refractivity contribution is 6.11. The van der Waals surface area contributed by atoms with Gasteiger partial charge in [-0.1, -0.05) is 24.3 Å². The fraction of sp³-hybridized carbons (Fsp3) is 0.125. The average molecular weight is 416 g/mol. The van der Waals surface area contributed by atoms with Crippen molar-refractivity contribution in [2.45, 2.75) is 13.8 Å². The zero-order chi connectivity index (χ0) is 22.0. The first-order chi connectivity index (χ1) is 15.0. The van der Waals surface area contributed by atoms with Gasteiger partial charge in [0.25, 0.3) is 11.8 Å². The largest absolute Gasteiger partial charge is 0.454 e. The van der Waals surface area contributed by atoms with Crippen molar-refractivity contribution in [2.75, 3.05) is 16.8 Å². The lowest BCUT2D eigenvalue weighted by Crippen LogP contribution is -2.29. The van der Waals surface area contributed by atoms with Crippen LogP contribution in [-0.2, 0) is 4.79 Å². The van der Waals surface area contributed by atoms with Crippen molar-refractivity contribution in [3.05, 3.63) is 77.9 Å². The minimum absolute atomic E-state index is 0.161. The van der Waals surface area contributed by atoms with Crippen molar-refractivity contribution >= 4 is 29.2 Å². The van der Waals surface area contributed by atoms with Crippen LogP contribution in [0.1, 0.15) is 34.6 Å². The molecule has 0 bridgehead atoms. The number of nitrogens with one attached hydrogen (secondary N) is 1. The quantitative estimate of drug-likeness (QED) is 0.495. The van der Waals surface area contributed by atoms with Crippen LogP contribution in [0.2, 0.25) is 0 Å². The number of rotatable bonds is 4. The topological polar surface area (TPSA) is 84.9 Å². The van der Waals surface area contributed by atoms with E-state index in [9.17, 15) is 14.4 Å². The number of ether oxygens (including phenoxy) is 2. The van der Waals surface area contributed by atoms with Crippen LogP contribution in [0.15, 0.2) is 66.7 Å². The lowest BCUT2D eigenvalue weighted by molar-refractivity contribution is -0.131. The third-order valence-electron chi connectivity index (χ3n) is 4.79. The van der Waals surface area contributed by atoms with Gasteiger partial charge in [0.1, 0.15) is 11.5 Å². The third-order valence-corrected chi connectivity index (χ3v) is 4.79. The van der Waals surface area contributed by atoms with E-state index >= 15 is 0 Å². The molecular weight excluding hydrogens is 396 g/mol. The van der Waals surface area contributed by atoms with Crippen LogP contribution in [-0.4, -0.2) is 24.3 Å². The van der Waals surface area contributed by atoms with Crippen molar-refractivity contribution in [1.82, 2.24) is 0 Å². The Morgan fingerprint density at radius 2 is 1.74 bits per heavy atom. The second kappa shape index (κ2) is 8.31. The average Bonchev–Trinajstić information content (AvgIpc) is 2.87. The van der Waals surface area contributed by atoms with Crippen LogP contribution < -0.4 is 19.7 Å². The Morgan fingerprint density at radius 1 is 1.00 bits per heavy atom. The molecule has 4 rings (SSSR count). The van der Waals surface area contributed by atoms with E-state index in [1.54, 1.807) is 47.4 Å². The lowest BCUT2D eigenvalue weighted by Gasteiger charge is -2.19. The van der Waals surface area contributed by atoms with Gasteiger partial charge in [-0.15, -0.1) is 0 Å². The monoisotopic (exact) mass is 416 g/mol. The van der Waals surface area contributed by atoms with Crippen LogP contribution in [0.3, 0.4) is 0 Å². The summed E-state index contributed by atoms with van der Waals surface area (Å²) >= 11 is 0. The Kier molecular flexibility index (Phi) is 5.41. The van der Waals surface area contributed by atoms with Gasteiger partial charge in [-0.3, -0.25) is 14.4 Å². The summed E-state index contributed by atoms with van der Waals surface area (Å²) in [7, 11) is 0. The van der Waals surface area contributed by atoms with Crippen LogP contribution in [0.4, 0.5) is 11.4 Å². The molecule has 0 radical (unpaired) electrons. The molecule has 0 atom stereocenters. The maximum absolute atomic E-state index is 13.2. The zero-order valence-corrected chi connectivity index (χ0v) is 17.0. The summed E-state index contributed by atoms with van der Waals surface area (Å²) in [6.45, 7) is 3.62. The number of esters is 1. The minimum atomic E-state index is -0.521. The molecule has 0 fully saturated rings. The van der Waals surface area contributed by atoms with Crippen LogP contribution in [0.5, 0.6) is 17.2 Å². The van der Waals surface area contributed by atoms with Gasteiger partial charge in [0.05, 0.1) is 16.8 Å². The smallest absolute Gasteiger partial charge is 0.308 e. The molecule has 31 heavy (non-hydrogen) atoms. The van der Waals surface area contributed by atoms with E-state index < -0.39 is 11.9 Å². The van der Waals surface area contributed by atoms with Crippen LogP contribution in [0, 0.1) is 0 Å². The number of benzene rings is 3. The van der Waals surface area contributed by atoms with E-state index in [1.807, 2.05) is 31.2 Å². The molecule has 1 N–H and O–H groups in total. The normalized spacial score (nSPS) is 12.2. The summed E-state index contributed by atoms with van der Waals surface area (Å²) in [5.41, 5.74) is 1.65. The molecule has 0 aromatic heterocycles. The number of hydrogen-bond donors (Lipinski definition) is 1. The molecule has 3 aromatic rings. The zero-order valence-electron chi connectivity index (χ0n) is 17.0. The summed E-state index contributed by atoms with van der Waals surface area (Å²) in [6, 6.07) is 18.7. The number of amides is 2. The first-order valence-electron chi connectivity index (χ1n) is 9.79. The summed E-state index contributed by atoms with van der Waals surface area (Å²) in [5, 5.41) is 2.76. The Morgan fingerprint density at radius 3 is 2.52 bits per heavy atom. The fourth-order valence-corrected chi connectivity index (χ4v) is 3.41. The molecule has 1 aliphatic rings. The molecule has 156 valence electrons. The summed E-state index contributed by atoms with van der Waals surface area (Å²) in [5.74, 6) is -0.0509. The maximum Gasteiger partial charge on any atom is 0.308 e. The third kappa shape index (κ3) is 3.98. The minimum Gasteiger partial charge on any atom is -0.454 e. The molecule has 3 aromatic carbocycles. The van der Waals surface area contributed by atoms with Crippen LogP contribution in [0.25, 0.3) is 0 Å². The highest BCUT2D eigenvalue weighted by atomic mass is 16.5. The molecule has 0 aliphatic carbocycles. The number of anilines is 2. The van der Waals surface area contributed by atoms with Gasteiger partial charge in [-0.2, -0.15) is 0 Å². The van der Waals surface area contributed by atoms with E-state index in [1.165, 1.54) is 6.92 Å². The summed E-state index contributed by atoms with van der Waals surface area (Å²) in [4.78, 5) is 38.9. The summed E-state index contributed by atoms with van der Waals surface area (Å²) < 4.78 is 11.1. The van der Waals surface area contributed by atoms with E-state index in [4.69, 9.17) is 9.47 Å². The predicted octanol–water partition coefficient (Wildman–Crippen LogP) is 4.64. The van der Waals surface area contributed by atoms with Crippen molar-refractivity contribution in [3.63, 3.8) is 0 Å². The number of carbonyl (C=O) groups excluding carboxylic acids is 3. The number of carbonyl (C=O) groups is 3. The molecule has 2 amide bonds. The Hall–Kier alpha value is -4.13. The van der Waals surface area contributed by atoms with Gasteiger partial charge in [0.2, 0.25) is 0 Å². The van der Waals surface area contributed by atoms with E-state index in [0.717, 1.165) is 0 Å². The Balaban J connectivity index is 1.66. The molecule has 0 saturated heterocycles. The summed E-state index contributed by atoms with van der Waals surface area (Å²) in [6.07, 6.45) is 0. The van der Waals surface area contributed by atoms with Gasteiger partial charge >= 0.3 is 5.97 Å². The van der Waals surface area contributed by atoms with Crippen molar-refractivity contribution in [2.24, 2.45) is 0 Å². The molecule has 1 heterocycles. The van der Waals surface area contributed by atoms with Gasteiger partial charge < -0.3 is 19.7 Å². The molecule has 1 aliphatic heterocycles. The first kappa shape index (κ1) is 20.2. The lowest BCUT2D eigenvalue weighted by atomic mass is 10.1. The highest BCUT2D eigenvalue weighted by Gasteiger charge is 2.27. The van der Waals surface area contributed by atoms with Crippen molar-refractivity contribution < 1.29 is 23.9 Å². The maximum atomic E-state index is 13.2. The molecule has 7 heteroatoms. The van der Waals surface area contributed by atoms with E-state index in [-0.39, 0.29) is 17.2 Å². The Bertz CT molecular complexity index is 1190. The van der Waals surface area contributed by atoms with Crippen LogP contribution >= 0.6 is 0 Å². The standard InChI is InChI=1S/C24H20N2O5/c1-3-26-19-9-5-7-11-22(19)31-21-13-12-16(14-18(21)24(26)29)25-23(28)17-8-4-6-10-20(17)30-15(2)27/h4-14H,3H2,1-2H3,(H,25,28). The number of hydrogen-bond acceptors (Lipinski definition) is 5. The van der Waals surface area contributed by atoms with E-state index in [2.05, 4.69) is 5.32 Å². The van der Waals surface area contributed by atoms with E-state index in [0.29, 0.717) is 35.0 Å². The van der Waals surface area contributed by atoms with Gasteiger partial charge in [-0.25, -0.2) is 0 Å². The second-order valence-electron chi connectivity index (χ2n) is 6.87. The van der Waals surface area contributed by atoms with Gasteiger partial charge in [0.15, 0.2) is 5.75 Å². The fourth-order valence-electron chi connectivity index (χ4n) is 3.41. The highest BCUT2D eigenvalue weighted by Crippen LogP contribution is 2.39. The van der Waals surface area contributed by atoms with Gasteiger partial charge in [-0.05, 0) is 49.4 Å². The van der Waals surface area contributed by atoms with Gasteiger partial charge in [0, 0.05) is 19.2 Å². The number of fused-ring (bicyclic) bond motifs is 2. The first-order valence-corrected chi connectivity index (χ1v) is 9.79. The van der Waals surface area contributed by atoms with Crippen molar-refractivity contribution in [1.29, 1.82) is 0 Å².